The predicted octanol–water partition coefficient (Wildman–Crippen LogP) is 3.24. The number of rotatable bonds is 7. The first-order valence-electron chi connectivity index (χ1n) is 13.4. The topological polar surface area (TPSA) is 147 Å². The Morgan fingerprint density at radius 2 is 1.93 bits per heavy atom. The number of aliphatic imine (C=N–C) groups is 2. The highest BCUT2D eigenvalue weighted by Crippen LogP contribution is 2.37. The van der Waals surface area contributed by atoms with E-state index >= 15 is 0 Å². The number of benzene rings is 1. The zero-order valence-corrected chi connectivity index (χ0v) is 23.9. The van der Waals surface area contributed by atoms with Gasteiger partial charge in [0.25, 0.3) is 11.7 Å². The molecular formula is C28H29F3N7O4S+. The third-order valence-corrected chi connectivity index (χ3v) is 8.35. The van der Waals surface area contributed by atoms with E-state index in [-0.39, 0.29) is 40.0 Å². The van der Waals surface area contributed by atoms with Crippen molar-refractivity contribution in [3.63, 3.8) is 0 Å². The lowest BCUT2D eigenvalue weighted by Crippen LogP contribution is -2.53. The Morgan fingerprint density at radius 3 is 2.63 bits per heavy atom. The number of likely N-dealkylation sites (tertiary alicyclic amines) is 1. The third kappa shape index (κ3) is 6.58. The second-order valence-electron chi connectivity index (χ2n) is 10.6. The predicted molar refractivity (Wildman–Crippen MR) is 153 cm³/mol. The number of halogens is 3. The smallest absolute Gasteiger partial charge is 0.342 e. The number of quaternary nitrogens is 1. The summed E-state index contributed by atoms with van der Waals surface area (Å²) in [5.74, 6) is 5.80. The van der Waals surface area contributed by atoms with E-state index in [2.05, 4.69) is 15.3 Å². The number of sulfone groups is 1. The second kappa shape index (κ2) is 11.5. The number of amidine groups is 1. The number of hydrogen-bond donors (Lipinski definition) is 2. The highest BCUT2D eigenvalue weighted by Gasteiger charge is 2.46. The van der Waals surface area contributed by atoms with Crippen molar-refractivity contribution in [1.82, 2.24) is 9.88 Å². The fourth-order valence-corrected chi connectivity index (χ4v) is 5.74. The minimum absolute atomic E-state index is 0.0865. The van der Waals surface area contributed by atoms with E-state index in [1.54, 1.807) is 35.6 Å². The molecule has 5 rings (SSSR count). The monoisotopic (exact) mass is 616 g/mol. The molecule has 1 fully saturated rings. The maximum atomic E-state index is 13.0. The van der Waals surface area contributed by atoms with Crippen LogP contribution in [0.2, 0.25) is 0 Å². The van der Waals surface area contributed by atoms with Gasteiger partial charge in [-0.25, -0.2) is 13.4 Å². The molecule has 15 heteroatoms. The van der Waals surface area contributed by atoms with Gasteiger partial charge in [0.05, 0.1) is 29.3 Å². The Kier molecular flexibility index (Phi) is 8.07. The molecule has 1 saturated heterocycles. The molecule has 3 N–H and O–H groups in total. The first-order chi connectivity index (χ1) is 20.2. The van der Waals surface area contributed by atoms with Gasteiger partial charge in [0.2, 0.25) is 11.6 Å². The molecule has 0 radical (unpaired) electrons. The van der Waals surface area contributed by atoms with E-state index in [0.717, 1.165) is 31.0 Å². The molecular weight excluding hydrogens is 587 g/mol. The van der Waals surface area contributed by atoms with Gasteiger partial charge < -0.3 is 10.2 Å². The van der Waals surface area contributed by atoms with Crippen molar-refractivity contribution in [2.45, 2.75) is 25.4 Å². The molecule has 4 heterocycles. The molecule has 1 aromatic heterocycles. The van der Waals surface area contributed by atoms with E-state index in [1.807, 2.05) is 0 Å². The van der Waals surface area contributed by atoms with Crippen molar-refractivity contribution in [3.05, 3.63) is 83.1 Å². The number of piperidine rings is 1. The standard InChI is InChI=1S/C28H28F3N7O4S/c1-43(41,42)14-9-24(39)37-12-2-3-20(17-37)25-22-16-33-11-13-38(22,32)26(36-25)18-4-6-19(7-5-18)27(40)35-23-15-21(8-10-34-23)28(29,30)31/h4-8,10-11,13,15-16,20H,2-3,9,12,14,17,32H2,1H3/p+1. The summed E-state index contributed by atoms with van der Waals surface area (Å²) in [6.45, 7) is 0.882. The molecule has 0 saturated carbocycles. The maximum Gasteiger partial charge on any atom is 0.416 e. The average Bonchev–Trinajstić information content (AvgIpc) is 3.28. The van der Waals surface area contributed by atoms with Gasteiger partial charge in [-0.1, -0.05) is 0 Å². The summed E-state index contributed by atoms with van der Waals surface area (Å²) in [7, 11) is -3.27. The first kappa shape index (κ1) is 30.3. The molecule has 43 heavy (non-hydrogen) atoms. The van der Waals surface area contributed by atoms with Crippen LogP contribution in [0.1, 0.15) is 40.7 Å². The molecule has 2 unspecified atom stereocenters. The molecule has 2 aromatic rings. The molecule has 3 aliphatic heterocycles. The largest absolute Gasteiger partial charge is 0.416 e. The van der Waals surface area contributed by atoms with Gasteiger partial charge in [0.15, 0.2) is 0 Å². The maximum absolute atomic E-state index is 13.0. The molecule has 1 aromatic carbocycles. The van der Waals surface area contributed by atoms with E-state index in [1.165, 1.54) is 12.1 Å². The number of amides is 2. The Labute approximate surface area is 245 Å². The van der Waals surface area contributed by atoms with Crippen LogP contribution < -0.4 is 11.2 Å². The number of nitrogens with zero attached hydrogens (tertiary/aromatic N) is 5. The number of carbonyl (C=O) groups is 2. The van der Waals surface area contributed by atoms with Crippen molar-refractivity contribution in [1.29, 1.82) is 0 Å². The van der Waals surface area contributed by atoms with Crippen LogP contribution >= 0.6 is 0 Å². The highest BCUT2D eigenvalue weighted by molar-refractivity contribution is 7.90. The number of allylic oxidation sites excluding steroid dienone is 1. The lowest BCUT2D eigenvalue weighted by molar-refractivity contribution is -0.750. The number of nitrogens with two attached hydrogens (primary N) is 1. The fraction of sp³-hybridized carbons (Fsp3) is 0.321. The normalized spacial score (nSPS) is 21.9. The summed E-state index contributed by atoms with van der Waals surface area (Å²) in [5.41, 5.74) is 1.15. The molecule has 3 aliphatic rings. The fourth-order valence-electron chi connectivity index (χ4n) is 5.20. The van der Waals surface area contributed by atoms with E-state index in [4.69, 9.17) is 10.8 Å². The van der Waals surface area contributed by atoms with Gasteiger partial charge in [-0.05, 0) is 49.2 Å². The molecule has 0 bridgehead atoms. The summed E-state index contributed by atoms with van der Waals surface area (Å²) in [4.78, 5) is 40.1. The van der Waals surface area contributed by atoms with Gasteiger partial charge in [-0.15, -0.1) is 4.59 Å². The summed E-state index contributed by atoms with van der Waals surface area (Å²) < 4.78 is 61.9. The Morgan fingerprint density at radius 1 is 1.19 bits per heavy atom. The van der Waals surface area contributed by atoms with Crippen molar-refractivity contribution < 1.29 is 35.8 Å². The molecule has 2 atom stereocenters. The summed E-state index contributed by atoms with van der Waals surface area (Å²) >= 11 is 0. The molecule has 0 spiro atoms. The van der Waals surface area contributed by atoms with Gasteiger partial charge in [-0.2, -0.15) is 24.0 Å². The second-order valence-corrected chi connectivity index (χ2v) is 12.8. The lowest BCUT2D eigenvalue weighted by Gasteiger charge is -2.33. The third-order valence-electron chi connectivity index (χ3n) is 7.40. The highest BCUT2D eigenvalue weighted by atomic mass is 32.2. The minimum Gasteiger partial charge on any atom is -0.342 e. The minimum atomic E-state index is -4.57. The SMILES string of the molecule is CS(=O)(=O)CCC(=O)N1CCCC(C2=C3C=NC=C[N+]3(N)C(c3ccc(C(=O)Nc4cc(C(F)(F)F)ccn4)cc3)=N2)C1. The van der Waals surface area contributed by atoms with Crippen molar-refractivity contribution in [2.75, 3.05) is 30.4 Å². The average molecular weight is 617 g/mol. The van der Waals surface area contributed by atoms with Crippen LogP contribution in [0, 0.1) is 5.92 Å². The number of carbonyl (C=O) groups excluding carboxylic acids is 2. The van der Waals surface area contributed by atoms with Crippen molar-refractivity contribution >= 4 is 39.5 Å². The van der Waals surface area contributed by atoms with E-state index < -0.39 is 27.5 Å². The van der Waals surface area contributed by atoms with Gasteiger partial charge >= 0.3 is 6.18 Å². The van der Waals surface area contributed by atoms with Gasteiger partial charge in [0.1, 0.15) is 27.6 Å². The zero-order valence-electron chi connectivity index (χ0n) is 23.1. The number of anilines is 1. The van der Waals surface area contributed by atoms with Crippen LogP contribution in [-0.2, 0) is 20.8 Å². The number of nitrogens with one attached hydrogen (secondary N) is 1. The molecule has 0 aliphatic carbocycles. The Balaban J connectivity index is 1.35. The molecule has 226 valence electrons. The van der Waals surface area contributed by atoms with Gasteiger partial charge in [0, 0.05) is 43.4 Å². The summed E-state index contributed by atoms with van der Waals surface area (Å²) in [6, 6.07) is 7.87. The lowest BCUT2D eigenvalue weighted by atomic mass is 9.93. The van der Waals surface area contributed by atoms with Crippen molar-refractivity contribution in [3.8, 4) is 0 Å². The zero-order chi connectivity index (χ0) is 31.0. The quantitative estimate of drug-likeness (QED) is 0.361. The van der Waals surface area contributed by atoms with Crippen LogP contribution in [0.4, 0.5) is 19.0 Å². The molecule has 2 amide bonds. The number of pyridine rings is 1. The van der Waals surface area contributed by atoms with Crippen LogP contribution in [0.3, 0.4) is 0 Å². The van der Waals surface area contributed by atoms with E-state index in [0.29, 0.717) is 42.3 Å². The number of aromatic nitrogens is 1. The Bertz CT molecular complexity index is 1680. The number of hydrogen-bond acceptors (Lipinski definition) is 8. The summed E-state index contributed by atoms with van der Waals surface area (Å²) in [5, 5.41) is 2.38. The molecule has 11 nitrogen and oxygen atoms in total. The van der Waals surface area contributed by atoms with Crippen molar-refractivity contribution in [2.24, 2.45) is 21.7 Å². The van der Waals surface area contributed by atoms with Crippen LogP contribution in [0.5, 0.6) is 0 Å². The summed E-state index contributed by atoms with van der Waals surface area (Å²) in [6.07, 6.45) is 3.70. The van der Waals surface area contributed by atoms with E-state index in [9.17, 15) is 31.2 Å². The van der Waals surface area contributed by atoms with Crippen LogP contribution in [0.15, 0.2) is 76.4 Å². The number of alkyl halides is 3. The Hall–Kier alpha value is -4.21. The number of fused-ring (bicyclic) bond motifs is 1. The van der Waals surface area contributed by atoms with Crippen LogP contribution in [-0.4, -0.2) is 71.9 Å². The van der Waals surface area contributed by atoms with Crippen LogP contribution in [0.25, 0.3) is 0 Å². The first-order valence-corrected chi connectivity index (χ1v) is 15.4. The van der Waals surface area contributed by atoms with Gasteiger partial charge in [-0.3, -0.25) is 14.6 Å².